The van der Waals surface area contributed by atoms with Crippen molar-refractivity contribution in [1.82, 2.24) is 5.32 Å². The molecule has 1 N–H and O–H groups in total. The molecule has 1 heterocycles. The molecule has 1 aliphatic rings. The fourth-order valence-electron chi connectivity index (χ4n) is 3.32. The summed E-state index contributed by atoms with van der Waals surface area (Å²) in [5.41, 5.74) is 2.27. The lowest BCUT2D eigenvalue weighted by Gasteiger charge is -2.40. The van der Waals surface area contributed by atoms with Crippen molar-refractivity contribution in [3.05, 3.63) is 29.6 Å². The first kappa shape index (κ1) is 15.3. The van der Waals surface area contributed by atoms with Gasteiger partial charge in [0.05, 0.1) is 0 Å². The lowest BCUT2D eigenvalue weighted by Crippen LogP contribution is -2.41. The van der Waals surface area contributed by atoms with E-state index in [9.17, 15) is 4.39 Å². The van der Waals surface area contributed by atoms with E-state index in [1.165, 1.54) is 18.5 Å². The number of piperidine rings is 1. The molecule has 1 aromatic rings. The Balaban J connectivity index is 2.30. The van der Waals surface area contributed by atoms with Crippen molar-refractivity contribution in [3.63, 3.8) is 0 Å². The van der Waals surface area contributed by atoms with Gasteiger partial charge in [0.15, 0.2) is 0 Å². The Morgan fingerprint density at radius 1 is 1.40 bits per heavy atom. The monoisotopic (exact) mass is 278 g/mol. The smallest absolute Gasteiger partial charge is 0.123 e. The van der Waals surface area contributed by atoms with E-state index < -0.39 is 0 Å². The molecule has 2 nitrogen and oxygen atoms in total. The van der Waals surface area contributed by atoms with E-state index in [2.05, 4.69) is 37.9 Å². The van der Waals surface area contributed by atoms with Crippen LogP contribution in [0.3, 0.4) is 0 Å². The second-order valence-corrected chi connectivity index (χ2v) is 6.15. The zero-order valence-corrected chi connectivity index (χ0v) is 13.1. The summed E-state index contributed by atoms with van der Waals surface area (Å²) in [6.07, 6.45) is 2.43. The van der Waals surface area contributed by atoms with Gasteiger partial charge in [-0.3, -0.25) is 0 Å². The first-order valence-corrected chi connectivity index (χ1v) is 7.82. The number of nitrogens with one attached hydrogen (secondary N) is 1. The minimum Gasteiger partial charge on any atom is -0.369 e. The summed E-state index contributed by atoms with van der Waals surface area (Å²) < 4.78 is 13.6. The van der Waals surface area contributed by atoms with E-state index in [1.807, 2.05) is 6.07 Å². The van der Waals surface area contributed by atoms with Gasteiger partial charge in [0.25, 0.3) is 0 Å². The average Bonchev–Trinajstić information content (AvgIpc) is 2.39. The average molecular weight is 278 g/mol. The number of nitrogens with zero attached hydrogens (tertiary/aromatic N) is 1. The summed E-state index contributed by atoms with van der Waals surface area (Å²) in [6.45, 7) is 10.8. The van der Waals surface area contributed by atoms with Gasteiger partial charge in [0, 0.05) is 24.3 Å². The molecule has 1 fully saturated rings. The van der Waals surface area contributed by atoms with Gasteiger partial charge in [0.1, 0.15) is 5.82 Å². The Labute approximate surface area is 122 Å². The normalized spacial score (nSPS) is 24.8. The topological polar surface area (TPSA) is 15.3 Å². The Morgan fingerprint density at radius 2 is 2.15 bits per heavy atom. The Hall–Kier alpha value is -1.09. The molecule has 3 heteroatoms. The van der Waals surface area contributed by atoms with Crippen LogP contribution in [-0.4, -0.2) is 19.1 Å². The predicted molar refractivity (Wildman–Crippen MR) is 83.7 cm³/mol. The van der Waals surface area contributed by atoms with Gasteiger partial charge in [-0.2, -0.15) is 0 Å². The molecule has 0 amide bonds. The summed E-state index contributed by atoms with van der Waals surface area (Å²) in [4.78, 5) is 2.45. The summed E-state index contributed by atoms with van der Waals surface area (Å²) in [6, 6.07) is 5.93. The molecule has 112 valence electrons. The third-order valence-electron chi connectivity index (χ3n) is 4.41. The number of hydrogen-bond acceptors (Lipinski definition) is 2. The number of rotatable bonds is 4. The Bertz CT molecular complexity index is 447. The fraction of sp³-hybridized carbons (Fsp3) is 0.647. The summed E-state index contributed by atoms with van der Waals surface area (Å²) in [5, 5.41) is 3.40. The summed E-state index contributed by atoms with van der Waals surface area (Å²) in [5.74, 6) is 0.642. The SMILES string of the molecule is CCNC(C)c1cc(F)ccc1N1CCC(C)CC1C. The van der Waals surface area contributed by atoms with Gasteiger partial charge >= 0.3 is 0 Å². The van der Waals surface area contributed by atoms with Crippen molar-refractivity contribution >= 4 is 5.69 Å². The highest BCUT2D eigenvalue weighted by Crippen LogP contribution is 2.33. The largest absolute Gasteiger partial charge is 0.369 e. The molecule has 1 aliphatic heterocycles. The molecule has 1 aromatic carbocycles. The van der Waals surface area contributed by atoms with Crippen LogP contribution in [-0.2, 0) is 0 Å². The lowest BCUT2D eigenvalue weighted by atomic mass is 9.91. The molecule has 0 saturated carbocycles. The third-order valence-corrected chi connectivity index (χ3v) is 4.41. The highest BCUT2D eigenvalue weighted by atomic mass is 19.1. The molecule has 0 spiro atoms. The number of anilines is 1. The molecular weight excluding hydrogens is 251 g/mol. The van der Waals surface area contributed by atoms with E-state index >= 15 is 0 Å². The highest BCUT2D eigenvalue weighted by Gasteiger charge is 2.25. The molecule has 0 bridgehead atoms. The van der Waals surface area contributed by atoms with Crippen LogP contribution in [0.2, 0.25) is 0 Å². The van der Waals surface area contributed by atoms with E-state index in [1.54, 1.807) is 12.1 Å². The lowest BCUT2D eigenvalue weighted by molar-refractivity contribution is 0.376. The molecule has 3 unspecified atom stereocenters. The van der Waals surface area contributed by atoms with Crippen molar-refractivity contribution in [2.45, 2.75) is 52.6 Å². The van der Waals surface area contributed by atoms with Crippen molar-refractivity contribution in [3.8, 4) is 0 Å². The first-order chi connectivity index (χ1) is 9.52. The van der Waals surface area contributed by atoms with Crippen molar-refractivity contribution in [2.24, 2.45) is 5.92 Å². The quantitative estimate of drug-likeness (QED) is 0.891. The Morgan fingerprint density at radius 3 is 2.80 bits per heavy atom. The zero-order chi connectivity index (χ0) is 14.7. The zero-order valence-electron chi connectivity index (χ0n) is 13.1. The third kappa shape index (κ3) is 3.32. The first-order valence-electron chi connectivity index (χ1n) is 7.82. The van der Waals surface area contributed by atoms with Gasteiger partial charge in [-0.05, 0) is 62.9 Å². The molecule has 2 rings (SSSR count). The van der Waals surface area contributed by atoms with Gasteiger partial charge in [-0.1, -0.05) is 13.8 Å². The molecular formula is C17H27FN2. The van der Waals surface area contributed by atoms with Crippen LogP contribution < -0.4 is 10.2 Å². The maximum absolute atomic E-state index is 13.6. The maximum Gasteiger partial charge on any atom is 0.123 e. The molecule has 0 aliphatic carbocycles. The fourth-order valence-corrected chi connectivity index (χ4v) is 3.32. The molecule has 3 atom stereocenters. The molecule has 20 heavy (non-hydrogen) atoms. The van der Waals surface area contributed by atoms with E-state index in [0.29, 0.717) is 6.04 Å². The van der Waals surface area contributed by atoms with E-state index in [4.69, 9.17) is 0 Å². The summed E-state index contributed by atoms with van der Waals surface area (Å²) in [7, 11) is 0. The Kier molecular flexibility index (Phi) is 5.03. The van der Waals surface area contributed by atoms with Crippen LogP contribution in [0.25, 0.3) is 0 Å². The van der Waals surface area contributed by atoms with Crippen LogP contribution in [0.5, 0.6) is 0 Å². The van der Waals surface area contributed by atoms with Crippen molar-refractivity contribution < 1.29 is 4.39 Å². The number of benzene rings is 1. The maximum atomic E-state index is 13.6. The minimum absolute atomic E-state index is 0.147. The highest BCUT2D eigenvalue weighted by molar-refractivity contribution is 5.56. The van der Waals surface area contributed by atoms with E-state index in [-0.39, 0.29) is 11.9 Å². The summed E-state index contributed by atoms with van der Waals surface area (Å²) >= 11 is 0. The molecule has 0 radical (unpaired) electrons. The van der Waals surface area contributed by atoms with Crippen LogP contribution in [0.1, 0.15) is 52.1 Å². The predicted octanol–water partition coefficient (Wildman–Crippen LogP) is 4.12. The standard InChI is InChI=1S/C17H27FN2/c1-5-19-14(4)16-11-15(18)6-7-17(16)20-9-8-12(2)10-13(20)3/h6-7,11-14,19H,5,8-10H2,1-4H3. The van der Waals surface area contributed by atoms with Crippen LogP contribution in [0.15, 0.2) is 18.2 Å². The van der Waals surface area contributed by atoms with Crippen LogP contribution in [0.4, 0.5) is 10.1 Å². The van der Waals surface area contributed by atoms with Crippen LogP contribution >= 0.6 is 0 Å². The van der Waals surface area contributed by atoms with Crippen molar-refractivity contribution in [2.75, 3.05) is 18.0 Å². The second kappa shape index (κ2) is 6.57. The minimum atomic E-state index is -0.147. The van der Waals surface area contributed by atoms with Crippen LogP contribution in [0, 0.1) is 11.7 Å². The van der Waals surface area contributed by atoms with E-state index in [0.717, 1.165) is 24.6 Å². The molecule has 0 aromatic heterocycles. The van der Waals surface area contributed by atoms with Gasteiger partial charge in [0.2, 0.25) is 0 Å². The second-order valence-electron chi connectivity index (χ2n) is 6.15. The van der Waals surface area contributed by atoms with Crippen molar-refractivity contribution in [1.29, 1.82) is 0 Å². The van der Waals surface area contributed by atoms with Gasteiger partial charge in [-0.25, -0.2) is 4.39 Å². The van der Waals surface area contributed by atoms with Gasteiger partial charge < -0.3 is 10.2 Å². The molecule has 1 saturated heterocycles. The van der Waals surface area contributed by atoms with Gasteiger partial charge in [-0.15, -0.1) is 0 Å². The number of hydrogen-bond donors (Lipinski definition) is 1. The number of halogens is 1.